The summed E-state index contributed by atoms with van der Waals surface area (Å²) >= 11 is 0. The average Bonchev–Trinajstić information content (AvgIpc) is 3.16. The van der Waals surface area contributed by atoms with E-state index in [4.69, 9.17) is 4.74 Å². The van der Waals surface area contributed by atoms with E-state index in [0.717, 1.165) is 6.07 Å². The Labute approximate surface area is 192 Å². The Bertz CT molecular complexity index is 1370. The number of aliphatic imine (C=N–C) groups is 1. The molecule has 4 rings (SSSR count). The summed E-state index contributed by atoms with van der Waals surface area (Å²) in [7, 11) is 1.56. The van der Waals surface area contributed by atoms with Crippen LogP contribution in [0.1, 0.15) is 12.5 Å². The highest BCUT2D eigenvalue weighted by Crippen LogP contribution is 2.28. The number of halogens is 3. The van der Waals surface area contributed by atoms with Crippen molar-refractivity contribution in [1.29, 1.82) is 0 Å². The molecule has 4 aromatic rings. The van der Waals surface area contributed by atoms with Crippen molar-refractivity contribution in [2.75, 3.05) is 7.11 Å². The summed E-state index contributed by atoms with van der Waals surface area (Å²) in [4.78, 5) is 17.8. The Morgan fingerprint density at radius 1 is 0.941 bits per heavy atom. The fraction of sp³-hybridized carbons (Fsp3) is 0.120. The fourth-order valence-electron chi connectivity index (χ4n) is 3.50. The third kappa shape index (κ3) is 5.03. The quantitative estimate of drug-likeness (QED) is 0.360. The SMILES string of the molecule is COc1ccc(-c2[nH]n(-c3ccccc3)c(=O)c2C(C)=Nc2cccc(OC(F)(F)F)c2)cc1. The van der Waals surface area contributed by atoms with Gasteiger partial charge in [-0.3, -0.25) is 14.9 Å². The molecular weight excluding hydrogens is 447 g/mol. The number of methoxy groups -OCH3 is 1. The lowest BCUT2D eigenvalue weighted by Crippen LogP contribution is -2.19. The highest BCUT2D eigenvalue weighted by molar-refractivity contribution is 6.04. The van der Waals surface area contributed by atoms with E-state index < -0.39 is 12.1 Å². The van der Waals surface area contributed by atoms with Crippen molar-refractivity contribution in [2.24, 2.45) is 4.99 Å². The highest BCUT2D eigenvalue weighted by atomic mass is 19.4. The van der Waals surface area contributed by atoms with Gasteiger partial charge in [-0.1, -0.05) is 24.3 Å². The number of nitrogens with one attached hydrogen (secondary N) is 1. The molecule has 0 radical (unpaired) electrons. The molecule has 1 N–H and O–H groups in total. The summed E-state index contributed by atoms with van der Waals surface area (Å²) in [6, 6.07) is 21.4. The zero-order valence-corrected chi connectivity index (χ0v) is 18.3. The monoisotopic (exact) mass is 467 g/mol. The number of aromatic nitrogens is 2. The molecule has 0 saturated heterocycles. The molecule has 0 aliphatic heterocycles. The van der Waals surface area contributed by atoms with Crippen molar-refractivity contribution in [3.8, 4) is 28.4 Å². The Morgan fingerprint density at radius 3 is 2.29 bits per heavy atom. The van der Waals surface area contributed by atoms with E-state index >= 15 is 0 Å². The Kier molecular flexibility index (Phi) is 6.27. The lowest BCUT2D eigenvalue weighted by atomic mass is 10.0. The molecule has 0 fully saturated rings. The van der Waals surface area contributed by atoms with E-state index in [1.54, 1.807) is 50.4 Å². The van der Waals surface area contributed by atoms with Crippen molar-refractivity contribution >= 4 is 11.4 Å². The molecule has 0 atom stereocenters. The number of alkyl halides is 3. The number of ether oxygens (including phenoxy) is 2. The number of para-hydroxylation sites is 1. The standard InChI is InChI=1S/C25H20F3N3O3/c1-16(29-18-7-6-10-21(15-18)34-25(26,27)28)22-23(17-11-13-20(33-2)14-12-17)30-31(24(22)32)19-8-4-3-5-9-19/h3-15,30H,1-2H3. The van der Waals surface area contributed by atoms with E-state index in [2.05, 4.69) is 14.8 Å². The molecule has 0 aliphatic carbocycles. The molecule has 1 heterocycles. The van der Waals surface area contributed by atoms with Crippen molar-refractivity contribution in [3.63, 3.8) is 0 Å². The largest absolute Gasteiger partial charge is 0.573 e. The first kappa shape index (κ1) is 22.9. The van der Waals surface area contributed by atoms with Gasteiger partial charge >= 0.3 is 6.36 Å². The Balaban J connectivity index is 1.83. The summed E-state index contributed by atoms with van der Waals surface area (Å²) in [5.74, 6) is 0.259. The third-order valence-electron chi connectivity index (χ3n) is 4.99. The normalized spacial score (nSPS) is 12.0. The van der Waals surface area contributed by atoms with Crippen LogP contribution in [0.25, 0.3) is 16.9 Å². The van der Waals surface area contributed by atoms with Gasteiger partial charge in [0.2, 0.25) is 0 Å². The molecule has 6 nitrogen and oxygen atoms in total. The van der Waals surface area contributed by atoms with Crippen LogP contribution in [0.3, 0.4) is 0 Å². The van der Waals surface area contributed by atoms with Gasteiger partial charge in [0, 0.05) is 11.6 Å². The van der Waals surface area contributed by atoms with Gasteiger partial charge in [0.1, 0.15) is 11.5 Å². The number of rotatable bonds is 6. The molecular formula is C25H20F3N3O3. The molecule has 1 aromatic heterocycles. The van der Waals surface area contributed by atoms with Crippen LogP contribution in [0.15, 0.2) is 88.6 Å². The van der Waals surface area contributed by atoms with Gasteiger partial charge in [-0.25, -0.2) is 4.68 Å². The van der Waals surface area contributed by atoms with Gasteiger partial charge in [0.05, 0.1) is 35.5 Å². The second kappa shape index (κ2) is 9.30. The van der Waals surface area contributed by atoms with Gasteiger partial charge in [0.25, 0.3) is 5.56 Å². The van der Waals surface area contributed by atoms with Crippen LogP contribution in [0.5, 0.6) is 11.5 Å². The lowest BCUT2D eigenvalue weighted by molar-refractivity contribution is -0.274. The lowest BCUT2D eigenvalue weighted by Gasteiger charge is -2.09. The Morgan fingerprint density at radius 2 is 1.65 bits per heavy atom. The smallest absolute Gasteiger partial charge is 0.497 e. The van der Waals surface area contributed by atoms with E-state index in [-0.39, 0.29) is 16.8 Å². The zero-order chi connectivity index (χ0) is 24.3. The maximum absolute atomic E-state index is 13.4. The van der Waals surface area contributed by atoms with Crippen LogP contribution in [0.2, 0.25) is 0 Å². The minimum atomic E-state index is -4.82. The summed E-state index contributed by atoms with van der Waals surface area (Å²) in [5.41, 5.74) is 2.34. The predicted octanol–water partition coefficient (Wildman–Crippen LogP) is 5.88. The molecule has 9 heteroatoms. The molecule has 0 saturated carbocycles. The number of nitrogens with zero attached hydrogens (tertiary/aromatic N) is 2. The first-order valence-corrected chi connectivity index (χ1v) is 10.2. The molecule has 0 spiro atoms. The van der Waals surface area contributed by atoms with Gasteiger partial charge in [-0.2, -0.15) is 0 Å². The second-order valence-corrected chi connectivity index (χ2v) is 7.31. The van der Waals surface area contributed by atoms with E-state index in [1.165, 1.54) is 22.9 Å². The van der Waals surface area contributed by atoms with Crippen molar-refractivity contribution in [1.82, 2.24) is 9.78 Å². The van der Waals surface area contributed by atoms with Gasteiger partial charge < -0.3 is 9.47 Å². The molecule has 34 heavy (non-hydrogen) atoms. The van der Waals surface area contributed by atoms with Crippen LogP contribution in [-0.2, 0) is 0 Å². The van der Waals surface area contributed by atoms with Gasteiger partial charge in [-0.05, 0) is 55.5 Å². The van der Waals surface area contributed by atoms with Crippen LogP contribution in [0, 0.1) is 0 Å². The molecule has 0 unspecified atom stereocenters. The van der Waals surface area contributed by atoms with Crippen LogP contribution >= 0.6 is 0 Å². The Hall–Kier alpha value is -4.27. The first-order chi connectivity index (χ1) is 16.2. The van der Waals surface area contributed by atoms with Crippen LogP contribution in [0.4, 0.5) is 18.9 Å². The molecule has 0 amide bonds. The predicted molar refractivity (Wildman–Crippen MR) is 123 cm³/mol. The molecule has 3 aromatic carbocycles. The van der Waals surface area contributed by atoms with Gasteiger partial charge in [-0.15, -0.1) is 13.2 Å². The minimum absolute atomic E-state index is 0.215. The topological polar surface area (TPSA) is 68.6 Å². The summed E-state index contributed by atoms with van der Waals surface area (Å²) < 4.78 is 48.4. The number of H-pyrrole nitrogens is 1. The summed E-state index contributed by atoms with van der Waals surface area (Å²) in [6.07, 6.45) is -4.82. The summed E-state index contributed by atoms with van der Waals surface area (Å²) in [6.45, 7) is 1.63. The first-order valence-electron chi connectivity index (χ1n) is 10.2. The van der Waals surface area contributed by atoms with Crippen LogP contribution in [-0.4, -0.2) is 29.0 Å². The maximum Gasteiger partial charge on any atom is 0.573 e. The van der Waals surface area contributed by atoms with E-state index in [9.17, 15) is 18.0 Å². The molecule has 0 bridgehead atoms. The van der Waals surface area contributed by atoms with Crippen LogP contribution < -0.4 is 15.0 Å². The summed E-state index contributed by atoms with van der Waals surface area (Å²) in [5, 5.41) is 3.14. The zero-order valence-electron chi connectivity index (χ0n) is 18.3. The number of hydrogen-bond donors (Lipinski definition) is 1. The highest BCUT2D eigenvalue weighted by Gasteiger charge is 2.31. The minimum Gasteiger partial charge on any atom is -0.497 e. The van der Waals surface area contributed by atoms with Crippen molar-refractivity contribution in [2.45, 2.75) is 13.3 Å². The number of hydrogen-bond acceptors (Lipinski definition) is 4. The fourth-order valence-corrected chi connectivity index (χ4v) is 3.50. The average molecular weight is 467 g/mol. The number of aromatic amines is 1. The third-order valence-corrected chi connectivity index (χ3v) is 4.99. The number of benzene rings is 3. The maximum atomic E-state index is 13.4. The molecule has 0 aliphatic rings. The van der Waals surface area contributed by atoms with E-state index in [0.29, 0.717) is 28.4 Å². The van der Waals surface area contributed by atoms with Gasteiger partial charge in [0.15, 0.2) is 0 Å². The second-order valence-electron chi connectivity index (χ2n) is 7.31. The van der Waals surface area contributed by atoms with Crippen molar-refractivity contribution < 1.29 is 22.6 Å². The molecule has 174 valence electrons. The van der Waals surface area contributed by atoms with E-state index in [1.807, 2.05) is 18.2 Å². The van der Waals surface area contributed by atoms with Crippen molar-refractivity contribution in [3.05, 3.63) is 94.8 Å².